The van der Waals surface area contributed by atoms with Gasteiger partial charge in [-0.3, -0.25) is 4.79 Å². The zero-order chi connectivity index (χ0) is 13.7. The van der Waals surface area contributed by atoms with Crippen molar-refractivity contribution in [2.45, 2.75) is 18.6 Å². The first-order chi connectivity index (χ1) is 9.19. The summed E-state index contributed by atoms with van der Waals surface area (Å²) in [4.78, 5) is 15.7. The number of aromatic nitrogens is 4. The van der Waals surface area contributed by atoms with Gasteiger partial charge in [0.05, 0.1) is 10.8 Å². The molecule has 0 atom stereocenters. The van der Waals surface area contributed by atoms with Crippen molar-refractivity contribution in [3.05, 3.63) is 29.7 Å². The highest BCUT2D eigenvalue weighted by Crippen LogP contribution is 2.15. The van der Waals surface area contributed by atoms with Gasteiger partial charge in [0.2, 0.25) is 5.91 Å². The third-order valence-electron chi connectivity index (χ3n) is 2.25. The molecule has 0 aliphatic carbocycles. The van der Waals surface area contributed by atoms with Crippen LogP contribution in [0.4, 0.5) is 5.82 Å². The zero-order valence-corrected chi connectivity index (χ0v) is 11.8. The minimum atomic E-state index is -0.148. The Balaban J connectivity index is 1.86. The lowest BCUT2D eigenvalue weighted by molar-refractivity contribution is -0.113. The largest absolute Gasteiger partial charge is 0.310 e. The molecule has 0 radical (unpaired) electrons. The Labute approximate surface area is 119 Å². The van der Waals surface area contributed by atoms with Gasteiger partial charge in [0.15, 0.2) is 5.16 Å². The van der Waals surface area contributed by atoms with Crippen molar-refractivity contribution in [2.24, 2.45) is 0 Å². The van der Waals surface area contributed by atoms with Crippen LogP contribution in [0.25, 0.3) is 0 Å². The monoisotopic (exact) mass is 297 g/mol. The molecule has 0 aliphatic heterocycles. The Morgan fingerprint density at radius 3 is 3.05 bits per heavy atom. The van der Waals surface area contributed by atoms with Crippen LogP contribution in [0, 0.1) is 0 Å². The molecule has 0 saturated heterocycles. The molecule has 6 nitrogen and oxygen atoms in total. The van der Waals surface area contributed by atoms with Crippen LogP contribution in [0.1, 0.15) is 6.92 Å². The van der Waals surface area contributed by atoms with Crippen LogP contribution in [-0.2, 0) is 11.3 Å². The molecule has 19 heavy (non-hydrogen) atoms. The number of carbonyl (C=O) groups is 1. The van der Waals surface area contributed by atoms with E-state index in [1.54, 1.807) is 18.5 Å². The lowest BCUT2D eigenvalue weighted by Gasteiger charge is -2.04. The molecular formula is C11H12ClN5OS. The molecule has 0 aliphatic rings. The van der Waals surface area contributed by atoms with Crippen molar-refractivity contribution < 1.29 is 4.79 Å². The topological polar surface area (TPSA) is 72.7 Å². The first-order valence-corrected chi connectivity index (χ1v) is 6.97. The maximum Gasteiger partial charge on any atom is 0.236 e. The van der Waals surface area contributed by atoms with Crippen LogP contribution in [0.15, 0.2) is 29.8 Å². The Morgan fingerprint density at radius 1 is 1.53 bits per heavy atom. The predicted octanol–water partition coefficient (Wildman–Crippen LogP) is 2.08. The molecule has 0 unspecified atom stereocenters. The third-order valence-corrected chi connectivity index (χ3v) is 3.45. The standard InChI is InChI=1S/C11H12ClN5OS/c1-2-17-7-14-16-11(17)19-6-10(18)15-9-4-3-8(12)5-13-9/h3-5,7H,2,6H2,1H3,(H,13,15,18). The summed E-state index contributed by atoms with van der Waals surface area (Å²) in [7, 11) is 0. The fourth-order valence-corrected chi connectivity index (χ4v) is 2.22. The van der Waals surface area contributed by atoms with Crippen molar-refractivity contribution in [2.75, 3.05) is 11.1 Å². The smallest absolute Gasteiger partial charge is 0.236 e. The van der Waals surface area contributed by atoms with Crippen molar-refractivity contribution in [1.29, 1.82) is 0 Å². The molecule has 0 fully saturated rings. The number of carbonyl (C=O) groups excluding carboxylic acids is 1. The number of nitrogens with zero attached hydrogens (tertiary/aromatic N) is 4. The molecular weight excluding hydrogens is 286 g/mol. The highest BCUT2D eigenvalue weighted by Gasteiger charge is 2.08. The first-order valence-electron chi connectivity index (χ1n) is 5.61. The number of thioether (sulfide) groups is 1. The van der Waals surface area contributed by atoms with E-state index in [0.717, 1.165) is 11.7 Å². The van der Waals surface area contributed by atoms with Crippen molar-refractivity contribution in [3.8, 4) is 0 Å². The van der Waals surface area contributed by atoms with Gasteiger partial charge in [-0.1, -0.05) is 23.4 Å². The van der Waals surface area contributed by atoms with Gasteiger partial charge < -0.3 is 9.88 Å². The van der Waals surface area contributed by atoms with Crippen LogP contribution < -0.4 is 5.32 Å². The number of anilines is 1. The molecule has 0 bridgehead atoms. The Morgan fingerprint density at radius 2 is 2.37 bits per heavy atom. The maximum absolute atomic E-state index is 11.7. The lowest BCUT2D eigenvalue weighted by Crippen LogP contribution is -2.15. The molecule has 2 rings (SSSR count). The van der Waals surface area contributed by atoms with Gasteiger partial charge in [0.25, 0.3) is 0 Å². The van der Waals surface area contributed by atoms with E-state index in [1.807, 2.05) is 11.5 Å². The van der Waals surface area contributed by atoms with Crippen LogP contribution >= 0.6 is 23.4 Å². The Hall–Kier alpha value is -1.60. The maximum atomic E-state index is 11.7. The average molecular weight is 298 g/mol. The average Bonchev–Trinajstić information content (AvgIpc) is 2.86. The van der Waals surface area contributed by atoms with Crippen LogP contribution in [0.2, 0.25) is 5.02 Å². The number of aryl methyl sites for hydroxylation is 1. The normalized spacial score (nSPS) is 10.4. The minimum Gasteiger partial charge on any atom is -0.310 e. The van der Waals surface area contributed by atoms with E-state index in [0.29, 0.717) is 10.8 Å². The molecule has 8 heteroatoms. The number of rotatable bonds is 5. The van der Waals surface area contributed by atoms with Gasteiger partial charge in [-0.25, -0.2) is 4.98 Å². The van der Waals surface area contributed by atoms with Crippen molar-refractivity contribution >= 4 is 35.1 Å². The summed E-state index contributed by atoms with van der Waals surface area (Å²) in [5, 5.41) is 11.7. The number of nitrogens with one attached hydrogen (secondary N) is 1. The van der Waals surface area contributed by atoms with E-state index < -0.39 is 0 Å². The fraction of sp³-hybridized carbons (Fsp3) is 0.273. The second-order valence-corrected chi connectivity index (χ2v) is 4.98. The Kier molecular flexibility index (Phi) is 4.75. The summed E-state index contributed by atoms with van der Waals surface area (Å²) in [5.41, 5.74) is 0. The van der Waals surface area contributed by atoms with Crippen molar-refractivity contribution in [1.82, 2.24) is 19.7 Å². The molecule has 1 N–H and O–H groups in total. The third kappa shape index (κ3) is 3.93. The van der Waals surface area contributed by atoms with Gasteiger partial charge in [0, 0.05) is 12.7 Å². The second-order valence-electron chi connectivity index (χ2n) is 3.60. The van der Waals surface area contributed by atoms with Gasteiger partial charge >= 0.3 is 0 Å². The summed E-state index contributed by atoms with van der Waals surface area (Å²) in [6.45, 7) is 2.76. The van der Waals surface area contributed by atoms with Crippen molar-refractivity contribution in [3.63, 3.8) is 0 Å². The molecule has 2 aromatic heterocycles. The van der Waals surface area contributed by atoms with Gasteiger partial charge in [-0.2, -0.15) is 0 Å². The predicted molar refractivity (Wildman–Crippen MR) is 74.3 cm³/mol. The number of hydrogen-bond acceptors (Lipinski definition) is 5. The number of hydrogen-bond donors (Lipinski definition) is 1. The van der Waals surface area contributed by atoms with E-state index in [9.17, 15) is 4.79 Å². The molecule has 2 aromatic rings. The first kappa shape index (κ1) is 13.8. The van der Waals surface area contributed by atoms with E-state index in [-0.39, 0.29) is 11.7 Å². The molecule has 0 saturated carbocycles. The van der Waals surface area contributed by atoms with E-state index in [4.69, 9.17) is 11.6 Å². The molecule has 0 aromatic carbocycles. The summed E-state index contributed by atoms with van der Waals surface area (Å²) < 4.78 is 1.87. The highest BCUT2D eigenvalue weighted by molar-refractivity contribution is 7.99. The number of pyridine rings is 1. The molecule has 2 heterocycles. The summed E-state index contributed by atoms with van der Waals surface area (Å²) in [6.07, 6.45) is 3.12. The summed E-state index contributed by atoms with van der Waals surface area (Å²) in [5.74, 6) is 0.584. The van der Waals surface area contributed by atoms with Gasteiger partial charge in [-0.15, -0.1) is 10.2 Å². The zero-order valence-electron chi connectivity index (χ0n) is 10.2. The van der Waals surface area contributed by atoms with E-state index in [2.05, 4.69) is 20.5 Å². The van der Waals surface area contributed by atoms with Crippen LogP contribution in [0.5, 0.6) is 0 Å². The summed E-state index contributed by atoms with van der Waals surface area (Å²) in [6, 6.07) is 3.32. The van der Waals surface area contributed by atoms with E-state index in [1.165, 1.54) is 18.0 Å². The molecule has 1 amide bonds. The minimum absolute atomic E-state index is 0.148. The second kappa shape index (κ2) is 6.53. The summed E-state index contributed by atoms with van der Waals surface area (Å²) >= 11 is 7.05. The lowest BCUT2D eigenvalue weighted by atomic mass is 10.4. The molecule has 0 spiro atoms. The van der Waals surface area contributed by atoms with Gasteiger partial charge in [0.1, 0.15) is 12.1 Å². The van der Waals surface area contributed by atoms with Crippen LogP contribution in [-0.4, -0.2) is 31.4 Å². The number of halogens is 1. The van der Waals surface area contributed by atoms with E-state index >= 15 is 0 Å². The SMILES string of the molecule is CCn1cnnc1SCC(=O)Nc1ccc(Cl)cn1. The Bertz CT molecular complexity index is 556. The molecule has 100 valence electrons. The highest BCUT2D eigenvalue weighted by atomic mass is 35.5. The quantitative estimate of drug-likeness (QED) is 0.855. The fourth-order valence-electron chi connectivity index (χ4n) is 1.33. The van der Waals surface area contributed by atoms with Gasteiger partial charge in [-0.05, 0) is 19.1 Å². The number of amides is 1. The van der Waals surface area contributed by atoms with Crippen LogP contribution in [0.3, 0.4) is 0 Å².